The van der Waals surface area contributed by atoms with Crippen LogP contribution in [0, 0.1) is 0 Å². The van der Waals surface area contributed by atoms with E-state index < -0.39 is 0 Å². The Bertz CT molecular complexity index is 296. The smallest absolute Gasteiger partial charge is 0.234 e. The summed E-state index contributed by atoms with van der Waals surface area (Å²) in [4.78, 5) is 16.7. The molecule has 2 heterocycles. The third-order valence-electron chi connectivity index (χ3n) is 4.39. The van der Waals surface area contributed by atoms with Crippen LogP contribution in [0.25, 0.3) is 0 Å². The van der Waals surface area contributed by atoms with E-state index in [0.717, 1.165) is 32.5 Å². The summed E-state index contributed by atoms with van der Waals surface area (Å²) in [6.45, 7) is 7.89. The number of nitrogens with two attached hydrogens (primary N) is 1. The van der Waals surface area contributed by atoms with Gasteiger partial charge in [-0.25, -0.2) is 0 Å². The van der Waals surface area contributed by atoms with Crippen molar-refractivity contribution < 1.29 is 4.79 Å². The summed E-state index contributed by atoms with van der Waals surface area (Å²) in [5.74, 6) is 0.157. The van der Waals surface area contributed by atoms with E-state index >= 15 is 0 Å². The van der Waals surface area contributed by atoms with E-state index in [1.807, 2.05) is 0 Å². The molecule has 3 N–H and O–H groups in total. The molecular weight excluding hydrogens is 252 g/mol. The molecule has 0 radical (unpaired) electrons. The third kappa shape index (κ3) is 5.38. The Kier molecular flexibility index (Phi) is 6.26. The molecule has 0 spiro atoms. The molecule has 0 aromatic rings. The Morgan fingerprint density at radius 2 is 1.80 bits per heavy atom. The second-order valence-electron chi connectivity index (χ2n) is 6.44. The minimum absolute atomic E-state index is 0.157. The zero-order valence-electron chi connectivity index (χ0n) is 12.8. The molecule has 0 bridgehead atoms. The summed E-state index contributed by atoms with van der Waals surface area (Å²) < 4.78 is 0. The number of carbonyl (C=O) groups is 1. The summed E-state index contributed by atoms with van der Waals surface area (Å²) in [6.07, 6.45) is 5.98. The molecule has 116 valence electrons. The van der Waals surface area contributed by atoms with Crippen LogP contribution in [0.1, 0.15) is 39.0 Å². The van der Waals surface area contributed by atoms with E-state index in [4.69, 9.17) is 5.73 Å². The molecule has 0 saturated carbocycles. The van der Waals surface area contributed by atoms with E-state index in [-0.39, 0.29) is 11.9 Å². The van der Waals surface area contributed by atoms with Gasteiger partial charge in [0.15, 0.2) is 0 Å². The van der Waals surface area contributed by atoms with E-state index in [2.05, 4.69) is 22.0 Å². The van der Waals surface area contributed by atoms with Crippen molar-refractivity contribution in [1.29, 1.82) is 0 Å². The summed E-state index contributed by atoms with van der Waals surface area (Å²) in [5.41, 5.74) is 5.88. The Morgan fingerprint density at radius 3 is 2.45 bits per heavy atom. The van der Waals surface area contributed by atoms with Crippen molar-refractivity contribution in [3.05, 3.63) is 0 Å². The predicted molar refractivity (Wildman–Crippen MR) is 81.5 cm³/mol. The first-order valence-electron chi connectivity index (χ1n) is 8.13. The molecule has 2 rings (SSSR count). The molecular formula is C15H30N4O. The number of nitrogens with zero attached hydrogens (tertiary/aromatic N) is 2. The van der Waals surface area contributed by atoms with Gasteiger partial charge in [-0.2, -0.15) is 0 Å². The van der Waals surface area contributed by atoms with Crippen molar-refractivity contribution in [2.24, 2.45) is 5.73 Å². The van der Waals surface area contributed by atoms with Gasteiger partial charge in [0.2, 0.25) is 5.91 Å². The average Bonchev–Trinajstić information content (AvgIpc) is 2.42. The zero-order valence-corrected chi connectivity index (χ0v) is 12.8. The summed E-state index contributed by atoms with van der Waals surface area (Å²) in [7, 11) is 0. The highest BCUT2D eigenvalue weighted by molar-refractivity contribution is 5.78. The molecule has 5 nitrogen and oxygen atoms in total. The van der Waals surface area contributed by atoms with E-state index in [0.29, 0.717) is 12.6 Å². The van der Waals surface area contributed by atoms with Crippen LogP contribution >= 0.6 is 0 Å². The second-order valence-corrected chi connectivity index (χ2v) is 6.44. The van der Waals surface area contributed by atoms with Crippen LogP contribution in [-0.2, 0) is 4.79 Å². The molecule has 5 heteroatoms. The topological polar surface area (TPSA) is 61.6 Å². The standard InChI is InChI=1S/C15H30N4O/c1-13(11-18-7-3-2-4-8-18)17-15(20)12-19-9-5-14(16)6-10-19/h13-14H,2-12,16H2,1H3,(H,17,20). The molecule has 2 saturated heterocycles. The van der Waals surface area contributed by atoms with E-state index in [1.165, 1.54) is 32.4 Å². The molecule has 0 aromatic heterocycles. The Morgan fingerprint density at radius 1 is 1.15 bits per heavy atom. The molecule has 2 fully saturated rings. The Balaban J connectivity index is 1.63. The second kappa shape index (κ2) is 7.96. The third-order valence-corrected chi connectivity index (χ3v) is 4.39. The molecule has 1 atom stereocenters. The molecule has 1 amide bonds. The van der Waals surface area contributed by atoms with Crippen molar-refractivity contribution in [3.8, 4) is 0 Å². The van der Waals surface area contributed by atoms with Crippen LogP contribution in [0.15, 0.2) is 0 Å². The first kappa shape index (κ1) is 15.7. The maximum absolute atomic E-state index is 12.0. The van der Waals surface area contributed by atoms with Gasteiger partial charge in [-0.15, -0.1) is 0 Å². The van der Waals surface area contributed by atoms with Crippen LogP contribution in [0.2, 0.25) is 0 Å². The van der Waals surface area contributed by atoms with Crippen molar-refractivity contribution >= 4 is 5.91 Å². The van der Waals surface area contributed by atoms with Gasteiger partial charge < -0.3 is 16.0 Å². The first-order chi connectivity index (χ1) is 9.63. The molecule has 2 aliphatic heterocycles. The highest BCUT2D eigenvalue weighted by atomic mass is 16.2. The van der Waals surface area contributed by atoms with Gasteiger partial charge in [0, 0.05) is 31.7 Å². The average molecular weight is 282 g/mol. The summed E-state index contributed by atoms with van der Waals surface area (Å²) in [5, 5.41) is 3.13. The van der Waals surface area contributed by atoms with Gasteiger partial charge in [-0.1, -0.05) is 6.42 Å². The molecule has 0 aromatic carbocycles. The minimum atomic E-state index is 0.157. The number of carbonyl (C=O) groups excluding carboxylic acids is 1. The number of nitrogens with one attached hydrogen (secondary N) is 1. The first-order valence-corrected chi connectivity index (χ1v) is 8.13. The number of rotatable bonds is 5. The number of hydrogen-bond acceptors (Lipinski definition) is 4. The van der Waals surface area contributed by atoms with Crippen molar-refractivity contribution in [3.63, 3.8) is 0 Å². The molecule has 0 aliphatic carbocycles. The van der Waals surface area contributed by atoms with E-state index in [1.54, 1.807) is 0 Å². The molecule has 20 heavy (non-hydrogen) atoms. The van der Waals surface area contributed by atoms with Crippen LogP contribution in [-0.4, -0.2) is 67.1 Å². The Hall–Kier alpha value is -0.650. The van der Waals surface area contributed by atoms with Crippen LogP contribution < -0.4 is 11.1 Å². The lowest BCUT2D eigenvalue weighted by Crippen LogP contribution is -2.48. The quantitative estimate of drug-likeness (QED) is 0.766. The summed E-state index contributed by atoms with van der Waals surface area (Å²) >= 11 is 0. The zero-order chi connectivity index (χ0) is 14.4. The van der Waals surface area contributed by atoms with Gasteiger partial charge >= 0.3 is 0 Å². The van der Waals surface area contributed by atoms with E-state index in [9.17, 15) is 4.79 Å². The minimum Gasteiger partial charge on any atom is -0.351 e. The highest BCUT2D eigenvalue weighted by Crippen LogP contribution is 2.09. The lowest BCUT2D eigenvalue weighted by Gasteiger charge is -2.31. The van der Waals surface area contributed by atoms with Crippen molar-refractivity contribution in [1.82, 2.24) is 15.1 Å². The van der Waals surface area contributed by atoms with Crippen LogP contribution in [0.5, 0.6) is 0 Å². The number of hydrogen-bond donors (Lipinski definition) is 2. The van der Waals surface area contributed by atoms with Gasteiger partial charge in [-0.05, 0) is 45.7 Å². The predicted octanol–water partition coefficient (Wildman–Crippen LogP) is 0.400. The fraction of sp³-hybridized carbons (Fsp3) is 0.933. The van der Waals surface area contributed by atoms with Gasteiger partial charge in [0.25, 0.3) is 0 Å². The number of piperidine rings is 2. The van der Waals surface area contributed by atoms with Crippen molar-refractivity contribution in [2.75, 3.05) is 39.3 Å². The van der Waals surface area contributed by atoms with Gasteiger partial charge in [0.05, 0.1) is 6.54 Å². The molecule has 1 unspecified atom stereocenters. The van der Waals surface area contributed by atoms with Crippen molar-refractivity contribution in [2.45, 2.75) is 51.1 Å². The van der Waals surface area contributed by atoms with Crippen LogP contribution in [0.4, 0.5) is 0 Å². The van der Waals surface area contributed by atoms with Gasteiger partial charge in [0.1, 0.15) is 0 Å². The normalized spacial score (nSPS) is 24.5. The monoisotopic (exact) mass is 282 g/mol. The number of likely N-dealkylation sites (tertiary alicyclic amines) is 2. The fourth-order valence-corrected chi connectivity index (χ4v) is 3.21. The molecule has 2 aliphatic rings. The lowest BCUT2D eigenvalue weighted by atomic mass is 10.1. The maximum atomic E-state index is 12.0. The highest BCUT2D eigenvalue weighted by Gasteiger charge is 2.20. The largest absolute Gasteiger partial charge is 0.351 e. The lowest BCUT2D eigenvalue weighted by molar-refractivity contribution is -0.123. The number of amides is 1. The van der Waals surface area contributed by atoms with Gasteiger partial charge in [-0.3, -0.25) is 9.69 Å². The fourth-order valence-electron chi connectivity index (χ4n) is 3.21. The maximum Gasteiger partial charge on any atom is 0.234 e. The Labute approximate surface area is 122 Å². The summed E-state index contributed by atoms with van der Waals surface area (Å²) in [6, 6.07) is 0.569. The van der Waals surface area contributed by atoms with Crippen LogP contribution in [0.3, 0.4) is 0 Å². The SMILES string of the molecule is CC(CN1CCCCC1)NC(=O)CN1CCC(N)CC1.